The molecule has 0 fully saturated rings. The molecule has 1 radical (unpaired) electrons. The maximum atomic E-state index is 5.80. The molecule has 0 aliphatic rings. The van der Waals surface area contributed by atoms with E-state index in [1.54, 1.807) is 0 Å². The molecule has 0 atom stereocenters. The smallest absolute Gasteiger partial charge is 0 e. The third-order valence-electron chi connectivity index (χ3n) is 1.44. The Bertz CT molecular complexity index is 158. The predicted molar refractivity (Wildman–Crippen MR) is 49.9 cm³/mol. The maximum Gasteiger partial charge on any atom is 0 e. The molecular formula is C11H18Y-2. The molecule has 0 heterocycles. The number of hydrogen-bond donors (Lipinski definition) is 0. The van der Waals surface area contributed by atoms with Gasteiger partial charge in [0.25, 0.3) is 0 Å². The first-order valence-electron chi connectivity index (χ1n) is 4.06. The fourth-order valence-electron chi connectivity index (χ4n) is 0.473. The van der Waals surface area contributed by atoms with Gasteiger partial charge in [0, 0.05) is 32.7 Å². The van der Waals surface area contributed by atoms with Gasteiger partial charge < -0.3 is 24.3 Å². The standard InChI is InChI=1S/C11H18.Y/c1-9(2)7-8-10(3)11(4,5)6;/h3,8-9H,1-2,4-6H3;/q-2;. The van der Waals surface area contributed by atoms with Gasteiger partial charge in [-0.2, -0.15) is 0 Å². The van der Waals surface area contributed by atoms with E-state index in [1.807, 2.05) is 6.08 Å². The van der Waals surface area contributed by atoms with Crippen molar-refractivity contribution in [3.63, 3.8) is 0 Å². The summed E-state index contributed by atoms with van der Waals surface area (Å²) < 4.78 is 0. The first-order chi connectivity index (χ1) is 4.84. The van der Waals surface area contributed by atoms with Crippen molar-refractivity contribution in [3.05, 3.63) is 24.3 Å². The van der Waals surface area contributed by atoms with Gasteiger partial charge in [0.2, 0.25) is 0 Å². The molecule has 67 valence electrons. The van der Waals surface area contributed by atoms with Gasteiger partial charge in [-0.1, -0.05) is 34.6 Å². The summed E-state index contributed by atoms with van der Waals surface area (Å²) in [5.41, 5.74) is 0.966. The molecular weight excluding hydrogens is 221 g/mol. The Morgan fingerprint density at radius 2 is 1.75 bits per heavy atom. The van der Waals surface area contributed by atoms with Crippen molar-refractivity contribution in [3.8, 4) is 0 Å². The Hall–Kier alpha value is 0.584. The van der Waals surface area contributed by atoms with Crippen LogP contribution in [0.3, 0.4) is 0 Å². The zero-order chi connectivity index (χ0) is 9.07. The third-order valence-corrected chi connectivity index (χ3v) is 1.44. The summed E-state index contributed by atoms with van der Waals surface area (Å²) in [6.07, 6.45) is 5.06. The minimum atomic E-state index is 0. The molecule has 0 rings (SSSR count). The SMILES string of the molecule is [CH-]=C(C=[C-]C(C)C)C(C)(C)C.[Y]. The Morgan fingerprint density at radius 1 is 1.33 bits per heavy atom. The molecule has 0 aromatic heterocycles. The average Bonchev–Trinajstić information content (AvgIpc) is 1.80. The van der Waals surface area contributed by atoms with Crippen molar-refractivity contribution in [1.29, 1.82) is 0 Å². The van der Waals surface area contributed by atoms with Gasteiger partial charge in [0.15, 0.2) is 0 Å². The van der Waals surface area contributed by atoms with Gasteiger partial charge in [-0.25, -0.2) is 0 Å². The van der Waals surface area contributed by atoms with Gasteiger partial charge in [0.05, 0.1) is 0 Å². The van der Waals surface area contributed by atoms with Gasteiger partial charge in [-0.3, -0.25) is 0 Å². The molecule has 0 unspecified atom stereocenters. The van der Waals surface area contributed by atoms with E-state index in [4.69, 9.17) is 6.58 Å². The van der Waals surface area contributed by atoms with Gasteiger partial charge >= 0.3 is 0 Å². The second-order valence-corrected chi connectivity index (χ2v) is 4.17. The van der Waals surface area contributed by atoms with Gasteiger partial charge in [-0.05, 0) is 0 Å². The molecule has 0 saturated heterocycles. The van der Waals surface area contributed by atoms with Crippen LogP contribution in [0.15, 0.2) is 11.6 Å². The van der Waals surface area contributed by atoms with E-state index in [1.165, 1.54) is 0 Å². The van der Waals surface area contributed by atoms with Gasteiger partial charge in [0.1, 0.15) is 0 Å². The summed E-state index contributed by atoms with van der Waals surface area (Å²) in [7, 11) is 0. The Morgan fingerprint density at radius 3 is 2.00 bits per heavy atom. The Labute approximate surface area is 102 Å². The summed E-state index contributed by atoms with van der Waals surface area (Å²) in [6.45, 7) is 16.3. The molecule has 0 aromatic rings. The minimum Gasteiger partial charge on any atom is -0.390 e. The van der Waals surface area contributed by atoms with Crippen LogP contribution in [0.4, 0.5) is 0 Å². The first-order valence-corrected chi connectivity index (χ1v) is 4.06. The normalized spacial score (nSPS) is 11.8. The van der Waals surface area contributed by atoms with Crippen molar-refractivity contribution in [2.24, 2.45) is 11.3 Å². The minimum absolute atomic E-state index is 0. The van der Waals surface area contributed by atoms with E-state index in [0.29, 0.717) is 5.92 Å². The van der Waals surface area contributed by atoms with Crippen molar-refractivity contribution in [2.75, 3.05) is 0 Å². The summed E-state index contributed by atoms with van der Waals surface area (Å²) in [5.74, 6) is 0.455. The zero-order valence-electron chi connectivity index (χ0n) is 8.81. The number of hydrogen-bond acceptors (Lipinski definition) is 0. The van der Waals surface area contributed by atoms with Crippen LogP contribution in [-0.4, -0.2) is 0 Å². The molecule has 0 spiro atoms. The average molecular weight is 239 g/mol. The maximum absolute atomic E-state index is 5.80. The Balaban J connectivity index is 0. The molecule has 0 N–H and O–H groups in total. The molecule has 0 amide bonds. The summed E-state index contributed by atoms with van der Waals surface area (Å²) in [4.78, 5) is 0. The van der Waals surface area contributed by atoms with Crippen LogP contribution in [0.2, 0.25) is 0 Å². The van der Waals surface area contributed by atoms with Crippen LogP contribution < -0.4 is 0 Å². The number of allylic oxidation sites excluding steroid dienone is 3. The van der Waals surface area contributed by atoms with Crippen LogP contribution >= 0.6 is 0 Å². The topological polar surface area (TPSA) is 0 Å². The van der Waals surface area contributed by atoms with Crippen molar-refractivity contribution >= 4 is 0 Å². The molecule has 0 aromatic carbocycles. The van der Waals surface area contributed by atoms with E-state index in [9.17, 15) is 0 Å². The van der Waals surface area contributed by atoms with E-state index < -0.39 is 0 Å². The summed E-state index contributed by atoms with van der Waals surface area (Å²) >= 11 is 0. The monoisotopic (exact) mass is 239 g/mol. The first kappa shape index (κ1) is 15.1. The summed E-state index contributed by atoms with van der Waals surface area (Å²) in [5, 5.41) is 0. The molecule has 0 bridgehead atoms. The molecule has 0 aliphatic heterocycles. The van der Waals surface area contributed by atoms with Crippen molar-refractivity contribution in [2.45, 2.75) is 34.6 Å². The molecule has 12 heavy (non-hydrogen) atoms. The fourth-order valence-corrected chi connectivity index (χ4v) is 0.473. The van der Waals surface area contributed by atoms with E-state index in [-0.39, 0.29) is 38.1 Å². The zero-order valence-corrected chi connectivity index (χ0v) is 11.6. The summed E-state index contributed by atoms with van der Waals surface area (Å²) in [6, 6.07) is 0. The largest absolute Gasteiger partial charge is 0.390 e. The van der Waals surface area contributed by atoms with Gasteiger partial charge in [-0.15, -0.1) is 11.3 Å². The van der Waals surface area contributed by atoms with Crippen LogP contribution in [0.1, 0.15) is 34.6 Å². The third kappa shape index (κ3) is 7.24. The van der Waals surface area contributed by atoms with E-state index in [0.717, 1.165) is 5.57 Å². The van der Waals surface area contributed by atoms with Crippen molar-refractivity contribution < 1.29 is 32.7 Å². The fraction of sp³-hybridized carbons (Fsp3) is 0.636. The molecule has 0 aliphatic carbocycles. The van der Waals surface area contributed by atoms with E-state index >= 15 is 0 Å². The van der Waals surface area contributed by atoms with E-state index in [2.05, 4.69) is 40.7 Å². The van der Waals surface area contributed by atoms with Crippen LogP contribution in [0.5, 0.6) is 0 Å². The second kappa shape index (κ2) is 6.10. The van der Waals surface area contributed by atoms with Crippen LogP contribution in [-0.2, 0) is 32.7 Å². The van der Waals surface area contributed by atoms with Crippen molar-refractivity contribution in [1.82, 2.24) is 0 Å². The molecule has 0 nitrogen and oxygen atoms in total. The molecule has 0 saturated carbocycles. The Kier molecular flexibility index (Phi) is 7.66. The second-order valence-electron chi connectivity index (χ2n) is 4.17. The van der Waals surface area contributed by atoms with Crippen LogP contribution in [0, 0.1) is 24.0 Å². The predicted octanol–water partition coefficient (Wildman–Crippen LogP) is 3.40. The molecule has 1 heteroatoms. The quantitative estimate of drug-likeness (QED) is 0.511. The van der Waals surface area contributed by atoms with Crippen LogP contribution in [0.25, 0.3) is 0 Å². The number of rotatable bonds is 2.